The second-order valence-electron chi connectivity index (χ2n) is 8.61. The summed E-state index contributed by atoms with van der Waals surface area (Å²) in [5, 5.41) is 2.76. The normalized spacial score (nSPS) is 13.8. The van der Waals surface area contributed by atoms with Crippen LogP contribution in [0.15, 0.2) is 78.9 Å². The Morgan fingerprint density at radius 3 is 2.31 bits per heavy atom. The van der Waals surface area contributed by atoms with E-state index in [4.69, 9.17) is 9.47 Å². The summed E-state index contributed by atoms with van der Waals surface area (Å²) in [6.45, 7) is 6.24. The van der Waals surface area contributed by atoms with E-state index in [0.29, 0.717) is 11.4 Å². The highest BCUT2D eigenvalue weighted by Gasteiger charge is 2.17. The predicted octanol–water partition coefficient (Wildman–Crippen LogP) is 3.88. The minimum Gasteiger partial charge on any atom is -0.482 e. The highest BCUT2D eigenvalue weighted by atomic mass is 16.6. The Kier molecular flexibility index (Phi) is 8.35. The fourth-order valence-corrected chi connectivity index (χ4v) is 3.99. The van der Waals surface area contributed by atoms with Crippen molar-refractivity contribution in [1.82, 2.24) is 4.90 Å². The van der Waals surface area contributed by atoms with E-state index in [0.717, 1.165) is 44.0 Å². The van der Waals surface area contributed by atoms with Gasteiger partial charge in [-0.25, -0.2) is 4.79 Å². The summed E-state index contributed by atoms with van der Waals surface area (Å²) in [5.74, 6) is -0.399. The first-order valence-electron chi connectivity index (χ1n) is 11.8. The molecule has 0 atom stereocenters. The summed E-state index contributed by atoms with van der Waals surface area (Å²) in [7, 11) is 0. The zero-order valence-electron chi connectivity index (χ0n) is 20.0. The number of ether oxygens (including phenoxy) is 2. The molecule has 0 aliphatic carbocycles. The second-order valence-corrected chi connectivity index (χ2v) is 8.61. The van der Waals surface area contributed by atoms with E-state index in [1.165, 1.54) is 5.56 Å². The third kappa shape index (κ3) is 7.58. The molecule has 0 saturated carbocycles. The van der Waals surface area contributed by atoms with Crippen molar-refractivity contribution in [3.63, 3.8) is 0 Å². The fraction of sp³-hybridized carbons (Fsp3) is 0.286. The Bertz CT molecular complexity index is 1110. The lowest BCUT2D eigenvalue weighted by atomic mass is 10.2. The van der Waals surface area contributed by atoms with Gasteiger partial charge in [0, 0.05) is 44.1 Å². The number of carbonyl (C=O) groups is 2. The summed E-state index contributed by atoms with van der Waals surface area (Å²) in [4.78, 5) is 28.8. The van der Waals surface area contributed by atoms with Crippen LogP contribution in [0.25, 0.3) is 0 Å². The van der Waals surface area contributed by atoms with Crippen LogP contribution in [-0.2, 0) is 20.9 Å². The maximum Gasteiger partial charge on any atom is 0.344 e. The minimum atomic E-state index is -0.594. The van der Waals surface area contributed by atoms with Crippen LogP contribution in [0, 0.1) is 6.92 Å². The van der Waals surface area contributed by atoms with Crippen molar-refractivity contribution in [1.29, 1.82) is 0 Å². The predicted molar refractivity (Wildman–Crippen MR) is 137 cm³/mol. The highest BCUT2D eigenvalue weighted by molar-refractivity contribution is 5.93. The number of hydrogen-bond acceptors (Lipinski definition) is 6. The summed E-state index contributed by atoms with van der Waals surface area (Å²) in [6.07, 6.45) is 0. The summed E-state index contributed by atoms with van der Waals surface area (Å²) in [5.41, 5.74) is 4.16. The van der Waals surface area contributed by atoms with Crippen molar-refractivity contribution in [2.75, 3.05) is 49.6 Å². The fourth-order valence-electron chi connectivity index (χ4n) is 3.99. The molecule has 1 N–H and O–H groups in total. The summed E-state index contributed by atoms with van der Waals surface area (Å²) >= 11 is 0. The van der Waals surface area contributed by atoms with Crippen LogP contribution in [0.4, 0.5) is 11.4 Å². The van der Waals surface area contributed by atoms with E-state index in [-0.39, 0.29) is 13.2 Å². The van der Waals surface area contributed by atoms with Gasteiger partial charge in [-0.15, -0.1) is 0 Å². The molecule has 7 nitrogen and oxygen atoms in total. The molecule has 0 unspecified atom stereocenters. The number of anilines is 2. The van der Waals surface area contributed by atoms with Crippen molar-refractivity contribution < 1.29 is 19.1 Å². The van der Waals surface area contributed by atoms with Crippen LogP contribution < -0.4 is 15.0 Å². The first-order chi connectivity index (χ1) is 17.0. The van der Waals surface area contributed by atoms with Crippen molar-refractivity contribution in [2.45, 2.75) is 13.5 Å². The van der Waals surface area contributed by atoms with Gasteiger partial charge in [0.2, 0.25) is 0 Å². The number of carbonyl (C=O) groups excluding carboxylic acids is 2. The maximum atomic E-state index is 12.2. The van der Waals surface area contributed by atoms with Gasteiger partial charge >= 0.3 is 5.97 Å². The first kappa shape index (κ1) is 24.3. The molecule has 0 aromatic heterocycles. The van der Waals surface area contributed by atoms with Gasteiger partial charge in [0.25, 0.3) is 5.91 Å². The summed E-state index contributed by atoms with van der Waals surface area (Å²) < 4.78 is 10.4. The van der Waals surface area contributed by atoms with Crippen LogP contribution in [-0.4, -0.2) is 56.2 Å². The molecule has 3 aromatic carbocycles. The van der Waals surface area contributed by atoms with Gasteiger partial charge < -0.3 is 19.7 Å². The van der Waals surface area contributed by atoms with Gasteiger partial charge in [0.15, 0.2) is 13.2 Å². The minimum absolute atomic E-state index is 0.246. The number of hydrogen-bond donors (Lipinski definition) is 1. The van der Waals surface area contributed by atoms with Crippen molar-refractivity contribution in [2.24, 2.45) is 0 Å². The number of benzene rings is 3. The zero-order chi connectivity index (χ0) is 24.5. The third-order valence-corrected chi connectivity index (χ3v) is 5.85. The van der Waals surface area contributed by atoms with E-state index in [1.807, 2.05) is 55.5 Å². The van der Waals surface area contributed by atoms with Gasteiger partial charge in [-0.3, -0.25) is 9.69 Å². The molecular formula is C28H31N3O4. The smallest absolute Gasteiger partial charge is 0.344 e. The zero-order valence-corrected chi connectivity index (χ0v) is 20.0. The van der Waals surface area contributed by atoms with E-state index < -0.39 is 11.9 Å². The lowest BCUT2D eigenvalue weighted by Crippen LogP contribution is -2.45. The van der Waals surface area contributed by atoms with Crippen molar-refractivity contribution >= 4 is 23.3 Å². The summed E-state index contributed by atoms with van der Waals surface area (Å²) in [6, 6.07) is 25.7. The Labute approximate surface area is 206 Å². The second kappa shape index (κ2) is 12.0. The Hall–Kier alpha value is -3.84. The lowest BCUT2D eigenvalue weighted by Gasteiger charge is -2.36. The molecule has 0 spiro atoms. The standard InChI is InChI=1S/C28H31N3O4/c1-22-6-5-9-26(18-22)34-21-28(33)35-20-27(32)29-24-10-12-25(13-11-24)31-16-14-30(15-17-31)19-23-7-3-2-4-8-23/h2-13,18H,14-17,19-21H2,1H3,(H,29,32). The van der Waals surface area contributed by atoms with E-state index in [1.54, 1.807) is 6.07 Å². The molecular weight excluding hydrogens is 442 g/mol. The van der Waals surface area contributed by atoms with E-state index >= 15 is 0 Å². The lowest BCUT2D eigenvalue weighted by molar-refractivity contribution is -0.149. The quantitative estimate of drug-likeness (QED) is 0.476. The average molecular weight is 474 g/mol. The number of rotatable bonds is 9. The number of piperazine rings is 1. The SMILES string of the molecule is Cc1cccc(OCC(=O)OCC(=O)Nc2ccc(N3CCN(Cc4ccccc4)CC3)cc2)c1. The monoisotopic (exact) mass is 473 g/mol. The number of esters is 1. The molecule has 0 radical (unpaired) electrons. The highest BCUT2D eigenvalue weighted by Crippen LogP contribution is 2.20. The third-order valence-electron chi connectivity index (χ3n) is 5.85. The molecule has 1 amide bonds. The largest absolute Gasteiger partial charge is 0.482 e. The van der Waals surface area contributed by atoms with Gasteiger partial charge in [-0.05, 0) is 54.4 Å². The Morgan fingerprint density at radius 2 is 1.60 bits per heavy atom. The maximum absolute atomic E-state index is 12.2. The van der Waals surface area contributed by atoms with E-state index in [9.17, 15) is 9.59 Å². The van der Waals surface area contributed by atoms with Crippen molar-refractivity contribution in [3.8, 4) is 5.75 Å². The first-order valence-corrected chi connectivity index (χ1v) is 11.8. The van der Waals surface area contributed by atoms with Gasteiger partial charge in [-0.2, -0.15) is 0 Å². The molecule has 4 rings (SSSR count). The van der Waals surface area contributed by atoms with Gasteiger partial charge in [0.1, 0.15) is 5.75 Å². The number of nitrogens with one attached hydrogen (secondary N) is 1. The van der Waals surface area contributed by atoms with Crippen LogP contribution in [0.1, 0.15) is 11.1 Å². The molecule has 1 fully saturated rings. The van der Waals surface area contributed by atoms with Crippen LogP contribution >= 0.6 is 0 Å². The van der Waals surface area contributed by atoms with Crippen LogP contribution in [0.2, 0.25) is 0 Å². The topological polar surface area (TPSA) is 71.1 Å². The molecule has 35 heavy (non-hydrogen) atoms. The Morgan fingerprint density at radius 1 is 0.857 bits per heavy atom. The molecule has 1 saturated heterocycles. The molecule has 1 heterocycles. The molecule has 3 aromatic rings. The van der Waals surface area contributed by atoms with Crippen LogP contribution in [0.5, 0.6) is 5.75 Å². The molecule has 182 valence electrons. The van der Waals surface area contributed by atoms with Gasteiger partial charge in [0.05, 0.1) is 0 Å². The number of aryl methyl sites for hydroxylation is 1. The molecule has 1 aliphatic rings. The van der Waals surface area contributed by atoms with E-state index in [2.05, 4.69) is 39.4 Å². The average Bonchev–Trinajstić information content (AvgIpc) is 2.88. The Balaban J connectivity index is 1.16. The molecule has 1 aliphatic heterocycles. The molecule has 0 bridgehead atoms. The van der Waals surface area contributed by atoms with Gasteiger partial charge in [-0.1, -0.05) is 42.5 Å². The van der Waals surface area contributed by atoms with Crippen LogP contribution in [0.3, 0.4) is 0 Å². The number of nitrogens with zero attached hydrogens (tertiary/aromatic N) is 2. The van der Waals surface area contributed by atoms with Crippen molar-refractivity contribution in [3.05, 3.63) is 90.0 Å². The molecule has 7 heteroatoms. The number of amides is 1.